The maximum Gasteiger partial charge on any atom is 0.332 e. The van der Waals surface area contributed by atoms with Gasteiger partial charge in [0.1, 0.15) is 0 Å². The first-order chi connectivity index (χ1) is 8.15. The number of aliphatic carboxylic acids is 1. The van der Waals surface area contributed by atoms with Gasteiger partial charge in [0.2, 0.25) is 0 Å². The van der Waals surface area contributed by atoms with Gasteiger partial charge in [0.15, 0.2) is 0 Å². The smallest absolute Gasteiger partial charge is 0.332 e. The second-order valence-corrected chi connectivity index (χ2v) is 4.63. The van der Waals surface area contributed by atoms with E-state index in [1.807, 2.05) is 24.3 Å². The van der Waals surface area contributed by atoms with Gasteiger partial charge < -0.3 is 5.11 Å². The molecule has 0 bridgehead atoms. The van der Waals surface area contributed by atoms with Crippen LogP contribution in [0.5, 0.6) is 0 Å². The van der Waals surface area contributed by atoms with Crippen molar-refractivity contribution in [1.29, 1.82) is 0 Å². The van der Waals surface area contributed by atoms with E-state index in [1.54, 1.807) is 0 Å². The van der Waals surface area contributed by atoms with Gasteiger partial charge in [-0.2, -0.15) is 0 Å². The Kier molecular flexibility index (Phi) is 3.59. The Hall–Kier alpha value is -1.61. The minimum atomic E-state index is -0.797. The summed E-state index contributed by atoms with van der Waals surface area (Å²) >= 11 is 0. The molecule has 1 aromatic carbocycles. The number of benzene rings is 1. The molecule has 1 aliphatic rings. The van der Waals surface area contributed by atoms with Crippen molar-refractivity contribution in [2.45, 2.75) is 13.5 Å². The molecule has 3 nitrogen and oxygen atoms in total. The minimum absolute atomic E-state index is 0.304. The van der Waals surface area contributed by atoms with E-state index < -0.39 is 5.97 Å². The molecule has 1 N–H and O–H groups in total. The van der Waals surface area contributed by atoms with Gasteiger partial charge in [0.05, 0.1) is 0 Å². The average Bonchev–Trinajstić information content (AvgIpc) is 2.29. The van der Waals surface area contributed by atoms with Gasteiger partial charge in [-0.05, 0) is 11.5 Å². The molecule has 17 heavy (non-hydrogen) atoms. The number of nitrogens with zero attached hydrogens (tertiary/aromatic N) is 1. The van der Waals surface area contributed by atoms with Gasteiger partial charge in [-0.3, -0.25) is 4.90 Å². The quantitative estimate of drug-likeness (QED) is 0.866. The van der Waals surface area contributed by atoms with E-state index in [1.165, 1.54) is 5.56 Å². The Morgan fingerprint density at radius 3 is 2.76 bits per heavy atom. The average molecular weight is 231 g/mol. The molecular weight excluding hydrogens is 214 g/mol. The Labute approximate surface area is 101 Å². The van der Waals surface area contributed by atoms with E-state index >= 15 is 0 Å². The molecule has 0 saturated carbocycles. The molecule has 90 valence electrons. The predicted octanol–water partition coefficient (Wildman–Crippen LogP) is 2.15. The van der Waals surface area contributed by atoms with Crippen LogP contribution in [0.1, 0.15) is 12.5 Å². The van der Waals surface area contributed by atoms with E-state index in [9.17, 15) is 4.79 Å². The molecular formula is C14H17NO2. The molecule has 0 saturated heterocycles. The number of rotatable bonds is 3. The van der Waals surface area contributed by atoms with Crippen molar-refractivity contribution in [3.63, 3.8) is 0 Å². The van der Waals surface area contributed by atoms with Crippen molar-refractivity contribution in [3.05, 3.63) is 47.5 Å². The monoisotopic (exact) mass is 231 g/mol. The van der Waals surface area contributed by atoms with E-state index in [2.05, 4.69) is 24.0 Å². The van der Waals surface area contributed by atoms with Gasteiger partial charge >= 0.3 is 5.97 Å². The zero-order valence-corrected chi connectivity index (χ0v) is 9.97. The largest absolute Gasteiger partial charge is 0.478 e. The molecule has 1 unspecified atom stereocenters. The fraction of sp³-hybridized carbons (Fsp3) is 0.357. The zero-order valence-electron chi connectivity index (χ0n) is 9.97. The van der Waals surface area contributed by atoms with Gasteiger partial charge in [0, 0.05) is 25.2 Å². The number of carbonyl (C=O) groups is 1. The summed E-state index contributed by atoms with van der Waals surface area (Å²) in [4.78, 5) is 13.2. The summed E-state index contributed by atoms with van der Waals surface area (Å²) in [6, 6.07) is 10.2. The van der Waals surface area contributed by atoms with Gasteiger partial charge in [0.25, 0.3) is 0 Å². The SMILES string of the molecule is CC1C=C(C(=O)O)CN(Cc2ccccc2)C1. The fourth-order valence-electron chi connectivity index (χ4n) is 2.26. The van der Waals surface area contributed by atoms with E-state index in [-0.39, 0.29) is 0 Å². The number of hydrogen-bond donors (Lipinski definition) is 1. The molecule has 1 aromatic rings. The summed E-state index contributed by atoms with van der Waals surface area (Å²) in [7, 11) is 0. The van der Waals surface area contributed by atoms with Crippen LogP contribution in [-0.4, -0.2) is 29.1 Å². The molecule has 1 aliphatic heterocycles. The minimum Gasteiger partial charge on any atom is -0.478 e. The highest BCUT2D eigenvalue weighted by molar-refractivity contribution is 5.87. The van der Waals surface area contributed by atoms with Crippen molar-refractivity contribution in [3.8, 4) is 0 Å². The van der Waals surface area contributed by atoms with Crippen LogP contribution >= 0.6 is 0 Å². The summed E-state index contributed by atoms with van der Waals surface area (Å²) in [5.41, 5.74) is 1.74. The first-order valence-electron chi connectivity index (χ1n) is 5.85. The summed E-state index contributed by atoms with van der Waals surface area (Å²) in [6.45, 7) is 4.33. The summed E-state index contributed by atoms with van der Waals surface area (Å²) < 4.78 is 0. The molecule has 0 radical (unpaired) electrons. The first-order valence-corrected chi connectivity index (χ1v) is 5.85. The maximum atomic E-state index is 11.0. The molecule has 0 aliphatic carbocycles. The Balaban J connectivity index is 2.04. The molecule has 0 amide bonds. The van der Waals surface area contributed by atoms with Crippen molar-refractivity contribution in [1.82, 2.24) is 4.90 Å². The van der Waals surface area contributed by atoms with Crippen LogP contribution < -0.4 is 0 Å². The Morgan fingerprint density at radius 1 is 1.41 bits per heavy atom. The number of carboxylic acid groups (broad SMARTS) is 1. The van der Waals surface area contributed by atoms with Crippen molar-refractivity contribution >= 4 is 5.97 Å². The van der Waals surface area contributed by atoms with Crippen LogP contribution in [0.4, 0.5) is 0 Å². The van der Waals surface area contributed by atoms with Crippen molar-refractivity contribution in [2.24, 2.45) is 5.92 Å². The molecule has 0 spiro atoms. The normalized spacial score (nSPS) is 21.0. The van der Waals surface area contributed by atoms with Crippen LogP contribution in [0.25, 0.3) is 0 Å². The molecule has 1 heterocycles. The van der Waals surface area contributed by atoms with Crippen molar-refractivity contribution < 1.29 is 9.90 Å². The zero-order chi connectivity index (χ0) is 12.3. The van der Waals surface area contributed by atoms with E-state index in [4.69, 9.17) is 5.11 Å². The summed E-state index contributed by atoms with van der Waals surface area (Å²) in [6.07, 6.45) is 1.86. The second kappa shape index (κ2) is 5.15. The molecule has 2 rings (SSSR count). The predicted molar refractivity (Wildman–Crippen MR) is 66.6 cm³/mol. The highest BCUT2D eigenvalue weighted by Gasteiger charge is 2.21. The van der Waals surface area contributed by atoms with Gasteiger partial charge in [-0.15, -0.1) is 0 Å². The summed E-state index contributed by atoms with van der Waals surface area (Å²) in [5, 5.41) is 9.04. The third-order valence-electron chi connectivity index (χ3n) is 2.95. The fourth-order valence-corrected chi connectivity index (χ4v) is 2.26. The van der Waals surface area contributed by atoms with Gasteiger partial charge in [-0.1, -0.05) is 43.3 Å². The van der Waals surface area contributed by atoms with Crippen LogP contribution in [0, 0.1) is 5.92 Å². The lowest BCUT2D eigenvalue weighted by atomic mass is 10.0. The topological polar surface area (TPSA) is 40.5 Å². The van der Waals surface area contributed by atoms with Crippen LogP contribution in [-0.2, 0) is 11.3 Å². The lowest BCUT2D eigenvalue weighted by molar-refractivity contribution is -0.133. The highest BCUT2D eigenvalue weighted by Crippen LogP contribution is 2.17. The maximum absolute atomic E-state index is 11.0. The van der Waals surface area contributed by atoms with Crippen LogP contribution in [0.15, 0.2) is 42.0 Å². The molecule has 0 fully saturated rings. The first kappa shape index (κ1) is 11.9. The molecule has 0 aromatic heterocycles. The van der Waals surface area contributed by atoms with E-state index in [0.717, 1.165) is 13.1 Å². The second-order valence-electron chi connectivity index (χ2n) is 4.63. The third-order valence-corrected chi connectivity index (χ3v) is 2.95. The lowest BCUT2D eigenvalue weighted by Crippen LogP contribution is -2.35. The molecule has 3 heteroatoms. The van der Waals surface area contributed by atoms with Crippen LogP contribution in [0.2, 0.25) is 0 Å². The van der Waals surface area contributed by atoms with E-state index in [0.29, 0.717) is 18.0 Å². The van der Waals surface area contributed by atoms with Crippen LogP contribution in [0.3, 0.4) is 0 Å². The standard InChI is InChI=1S/C14H17NO2/c1-11-7-13(14(16)17)10-15(8-11)9-12-5-3-2-4-6-12/h2-7,11H,8-10H2,1H3,(H,16,17). The van der Waals surface area contributed by atoms with Crippen molar-refractivity contribution in [2.75, 3.05) is 13.1 Å². The number of hydrogen-bond acceptors (Lipinski definition) is 2. The highest BCUT2D eigenvalue weighted by atomic mass is 16.4. The Bertz CT molecular complexity index is 425. The lowest BCUT2D eigenvalue weighted by Gasteiger charge is -2.29. The molecule has 1 atom stereocenters. The number of carboxylic acids is 1. The van der Waals surface area contributed by atoms with Gasteiger partial charge in [-0.25, -0.2) is 4.79 Å². The Morgan fingerprint density at radius 2 is 2.12 bits per heavy atom. The summed E-state index contributed by atoms with van der Waals surface area (Å²) in [5.74, 6) is -0.492. The third kappa shape index (κ3) is 3.17.